The van der Waals surface area contributed by atoms with Crippen LogP contribution in [0.15, 0.2) is 18.2 Å². The highest BCUT2D eigenvalue weighted by atomic mass is 16.5. The first-order chi connectivity index (χ1) is 9.71. The van der Waals surface area contributed by atoms with Crippen molar-refractivity contribution in [3.8, 4) is 11.5 Å². The number of ether oxygens (including phenoxy) is 3. The molecule has 0 aromatic heterocycles. The Balaban J connectivity index is 2.66. The summed E-state index contributed by atoms with van der Waals surface area (Å²) in [6.45, 7) is 6.54. The van der Waals surface area contributed by atoms with Crippen LogP contribution in [-0.2, 0) is 16.1 Å². The zero-order valence-corrected chi connectivity index (χ0v) is 12.4. The van der Waals surface area contributed by atoms with Crippen molar-refractivity contribution in [2.75, 3.05) is 26.9 Å². The first kappa shape index (κ1) is 16.3. The molecule has 0 atom stereocenters. The molecule has 5 nitrogen and oxygen atoms in total. The van der Waals surface area contributed by atoms with Gasteiger partial charge in [-0.25, -0.2) is 0 Å². The molecule has 1 aromatic carbocycles. The van der Waals surface area contributed by atoms with Crippen LogP contribution < -0.4 is 14.8 Å². The first-order valence-corrected chi connectivity index (χ1v) is 6.87. The SMILES string of the molecule is CCNCc1ccc(OCCC(=O)OC)c(OCC)c1. The molecule has 0 saturated heterocycles. The van der Waals surface area contributed by atoms with Crippen molar-refractivity contribution >= 4 is 5.97 Å². The number of rotatable bonds is 9. The van der Waals surface area contributed by atoms with E-state index in [1.165, 1.54) is 7.11 Å². The molecule has 0 spiro atoms. The van der Waals surface area contributed by atoms with Crippen molar-refractivity contribution in [3.05, 3.63) is 23.8 Å². The smallest absolute Gasteiger partial charge is 0.308 e. The summed E-state index contributed by atoms with van der Waals surface area (Å²) < 4.78 is 15.7. The van der Waals surface area contributed by atoms with Crippen LogP contribution in [0.3, 0.4) is 0 Å². The van der Waals surface area contributed by atoms with Crippen LogP contribution in [0.2, 0.25) is 0 Å². The first-order valence-electron chi connectivity index (χ1n) is 6.87. The topological polar surface area (TPSA) is 56.8 Å². The van der Waals surface area contributed by atoms with Gasteiger partial charge in [-0.3, -0.25) is 4.79 Å². The molecule has 1 rings (SSSR count). The molecule has 112 valence electrons. The third-order valence-electron chi connectivity index (χ3n) is 2.68. The van der Waals surface area contributed by atoms with Crippen molar-refractivity contribution < 1.29 is 19.0 Å². The molecule has 1 N–H and O–H groups in total. The highest BCUT2D eigenvalue weighted by Gasteiger charge is 2.08. The normalized spacial score (nSPS) is 10.2. The summed E-state index contributed by atoms with van der Waals surface area (Å²) in [4.78, 5) is 11.0. The summed E-state index contributed by atoms with van der Waals surface area (Å²) in [7, 11) is 1.36. The van der Waals surface area contributed by atoms with Crippen LogP contribution in [-0.4, -0.2) is 32.8 Å². The average Bonchev–Trinajstić information content (AvgIpc) is 2.47. The van der Waals surface area contributed by atoms with Crippen molar-refractivity contribution in [2.24, 2.45) is 0 Å². The Bertz CT molecular complexity index is 420. The minimum atomic E-state index is -0.285. The van der Waals surface area contributed by atoms with E-state index in [4.69, 9.17) is 9.47 Å². The van der Waals surface area contributed by atoms with E-state index in [0.717, 1.165) is 18.7 Å². The molecule has 1 aromatic rings. The van der Waals surface area contributed by atoms with E-state index >= 15 is 0 Å². The Kier molecular flexibility index (Phi) is 7.50. The molecule has 0 fully saturated rings. The van der Waals surface area contributed by atoms with Crippen molar-refractivity contribution in [3.63, 3.8) is 0 Å². The lowest BCUT2D eigenvalue weighted by molar-refractivity contribution is -0.141. The number of methoxy groups -OCH3 is 1. The fraction of sp³-hybridized carbons (Fsp3) is 0.533. The molecule has 0 saturated carbocycles. The van der Waals surface area contributed by atoms with Gasteiger partial charge >= 0.3 is 5.97 Å². The molecule has 20 heavy (non-hydrogen) atoms. The monoisotopic (exact) mass is 281 g/mol. The van der Waals surface area contributed by atoms with E-state index in [1.54, 1.807) is 0 Å². The highest BCUT2D eigenvalue weighted by Crippen LogP contribution is 2.28. The summed E-state index contributed by atoms with van der Waals surface area (Å²) in [5.41, 5.74) is 1.13. The fourth-order valence-corrected chi connectivity index (χ4v) is 1.67. The number of hydrogen-bond donors (Lipinski definition) is 1. The predicted octanol–water partition coefficient (Wildman–Crippen LogP) is 2.14. The van der Waals surface area contributed by atoms with Gasteiger partial charge in [0.15, 0.2) is 11.5 Å². The number of nitrogens with one attached hydrogen (secondary N) is 1. The Morgan fingerprint density at radius 3 is 2.65 bits per heavy atom. The summed E-state index contributed by atoms with van der Waals surface area (Å²) in [6, 6.07) is 5.81. The maximum atomic E-state index is 11.0. The van der Waals surface area contributed by atoms with Crippen molar-refractivity contribution in [2.45, 2.75) is 26.8 Å². The molecular formula is C15H23NO4. The molecule has 0 aliphatic rings. The lowest BCUT2D eigenvalue weighted by Gasteiger charge is -2.13. The van der Waals surface area contributed by atoms with Gasteiger partial charge < -0.3 is 19.5 Å². The Labute approximate surface area is 120 Å². The third kappa shape index (κ3) is 5.48. The van der Waals surface area contributed by atoms with Gasteiger partial charge in [0, 0.05) is 6.54 Å². The van der Waals surface area contributed by atoms with E-state index < -0.39 is 0 Å². The largest absolute Gasteiger partial charge is 0.490 e. The zero-order chi connectivity index (χ0) is 14.8. The minimum Gasteiger partial charge on any atom is -0.490 e. The van der Waals surface area contributed by atoms with Crippen LogP contribution >= 0.6 is 0 Å². The second-order valence-electron chi connectivity index (χ2n) is 4.17. The van der Waals surface area contributed by atoms with Gasteiger partial charge in [-0.2, -0.15) is 0 Å². The molecule has 0 unspecified atom stereocenters. The Morgan fingerprint density at radius 1 is 1.20 bits per heavy atom. The van der Waals surface area contributed by atoms with Crippen LogP contribution in [0.1, 0.15) is 25.8 Å². The summed E-state index contributed by atoms with van der Waals surface area (Å²) in [5.74, 6) is 1.07. The van der Waals surface area contributed by atoms with Crippen LogP contribution in [0.25, 0.3) is 0 Å². The van der Waals surface area contributed by atoms with E-state index in [0.29, 0.717) is 18.1 Å². The molecule has 5 heteroatoms. The summed E-state index contributed by atoms with van der Waals surface area (Å²) >= 11 is 0. The molecule has 0 aliphatic heterocycles. The average molecular weight is 281 g/mol. The molecule has 0 amide bonds. The van der Waals surface area contributed by atoms with Gasteiger partial charge in [0.05, 0.1) is 26.7 Å². The van der Waals surface area contributed by atoms with Gasteiger partial charge in [0.2, 0.25) is 0 Å². The maximum absolute atomic E-state index is 11.0. The second kappa shape index (κ2) is 9.20. The second-order valence-corrected chi connectivity index (χ2v) is 4.17. The lowest BCUT2D eigenvalue weighted by atomic mass is 10.2. The quantitative estimate of drug-likeness (QED) is 0.703. The number of hydrogen-bond acceptors (Lipinski definition) is 5. The third-order valence-corrected chi connectivity index (χ3v) is 2.68. The van der Waals surface area contributed by atoms with Crippen LogP contribution in [0.4, 0.5) is 0 Å². The van der Waals surface area contributed by atoms with Crippen molar-refractivity contribution in [1.29, 1.82) is 0 Å². The summed E-state index contributed by atoms with van der Waals surface area (Å²) in [6.07, 6.45) is 0.223. The van der Waals surface area contributed by atoms with E-state index in [9.17, 15) is 4.79 Å². The van der Waals surface area contributed by atoms with Crippen molar-refractivity contribution in [1.82, 2.24) is 5.32 Å². The van der Waals surface area contributed by atoms with E-state index in [1.807, 2.05) is 25.1 Å². The number of carbonyl (C=O) groups excluding carboxylic acids is 1. The molecule has 0 heterocycles. The van der Waals surface area contributed by atoms with Crippen LogP contribution in [0, 0.1) is 0 Å². The number of benzene rings is 1. The Hall–Kier alpha value is -1.75. The maximum Gasteiger partial charge on any atom is 0.308 e. The van der Waals surface area contributed by atoms with Gasteiger partial charge in [-0.1, -0.05) is 13.0 Å². The minimum absolute atomic E-state index is 0.223. The van der Waals surface area contributed by atoms with Crippen LogP contribution in [0.5, 0.6) is 11.5 Å². The van der Waals surface area contributed by atoms with E-state index in [2.05, 4.69) is 17.0 Å². The van der Waals surface area contributed by atoms with Gasteiger partial charge in [-0.15, -0.1) is 0 Å². The van der Waals surface area contributed by atoms with Gasteiger partial charge in [0.25, 0.3) is 0 Å². The standard InChI is InChI=1S/C15H23NO4/c1-4-16-11-12-6-7-13(14(10-12)19-5-2)20-9-8-15(17)18-3/h6-7,10,16H,4-5,8-9,11H2,1-3H3. The fourth-order valence-electron chi connectivity index (χ4n) is 1.67. The Morgan fingerprint density at radius 2 is 2.00 bits per heavy atom. The summed E-state index contributed by atoms with van der Waals surface area (Å²) in [5, 5.41) is 3.26. The zero-order valence-electron chi connectivity index (χ0n) is 12.4. The van der Waals surface area contributed by atoms with Gasteiger partial charge in [-0.05, 0) is 31.2 Å². The molecular weight excluding hydrogens is 258 g/mol. The molecule has 0 aliphatic carbocycles. The molecule has 0 radical (unpaired) electrons. The van der Waals surface area contributed by atoms with E-state index in [-0.39, 0.29) is 19.0 Å². The predicted molar refractivity (Wildman–Crippen MR) is 77.1 cm³/mol. The lowest BCUT2D eigenvalue weighted by Crippen LogP contribution is -2.12. The number of carbonyl (C=O) groups is 1. The number of esters is 1. The van der Waals surface area contributed by atoms with Gasteiger partial charge in [0.1, 0.15) is 0 Å². The highest BCUT2D eigenvalue weighted by molar-refractivity contribution is 5.69. The molecule has 0 bridgehead atoms.